The van der Waals surface area contributed by atoms with Crippen molar-refractivity contribution >= 4 is 22.7 Å². The van der Waals surface area contributed by atoms with Crippen LogP contribution in [-0.4, -0.2) is 17.5 Å². The summed E-state index contributed by atoms with van der Waals surface area (Å²) in [6.45, 7) is 4.45. The number of aryl methyl sites for hydroxylation is 1. The van der Waals surface area contributed by atoms with Gasteiger partial charge < -0.3 is 9.15 Å². The van der Waals surface area contributed by atoms with E-state index in [1.54, 1.807) is 18.3 Å². The number of hydrogen-bond donors (Lipinski definition) is 0. The van der Waals surface area contributed by atoms with Gasteiger partial charge in [0.15, 0.2) is 5.43 Å². The Labute approximate surface area is 189 Å². The molecule has 33 heavy (non-hydrogen) atoms. The summed E-state index contributed by atoms with van der Waals surface area (Å²) in [6, 6.07) is 13.8. The lowest BCUT2D eigenvalue weighted by molar-refractivity contribution is 0.0970. The van der Waals surface area contributed by atoms with E-state index < -0.39 is 23.2 Å². The highest BCUT2D eigenvalue weighted by Gasteiger charge is 2.44. The third-order valence-corrected chi connectivity index (χ3v) is 5.63. The van der Waals surface area contributed by atoms with E-state index >= 15 is 0 Å². The van der Waals surface area contributed by atoms with Crippen LogP contribution in [0.25, 0.3) is 11.0 Å². The number of carbonyl (C=O) groups excluding carboxylic acids is 1. The van der Waals surface area contributed by atoms with Crippen LogP contribution < -0.4 is 15.1 Å². The van der Waals surface area contributed by atoms with Gasteiger partial charge in [0, 0.05) is 6.20 Å². The highest BCUT2D eigenvalue weighted by atomic mass is 19.1. The fraction of sp³-hybridized carbons (Fsp3) is 0.192. The Balaban J connectivity index is 1.77. The Morgan fingerprint density at radius 1 is 1.12 bits per heavy atom. The molecule has 166 valence electrons. The lowest BCUT2D eigenvalue weighted by Crippen LogP contribution is -2.30. The maximum Gasteiger partial charge on any atom is 0.296 e. The zero-order valence-electron chi connectivity index (χ0n) is 18.2. The van der Waals surface area contributed by atoms with Gasteiger partial charge >= 0.3 is 0 Å². The van der Waals surface area contributed by atoms with E-state index in [2.05, 4.69) is 4.98 Å². The lowest BCUT2D eigenvalue weighted by atomic mass is 9.98. The molecule has 1 atom stereocenters. The van der Waals surface area contributed by atoms with E-state index in [0.717, 1.165) is 18.1 Å². The number of aromatic nitrogens is 1. The Morgan fingerprint density at radius 2 is 1.97 bits per heavy atom. The smallest absolute Gasteiger partial charge is 0.296 e. The van der Waals surface area contributed by atoms with Gasteiger partial charge in [0.05, 0.1) is 23.6 Å². The van der Waals surface area contributed by atoms with Crippen molar-refractivity contribution in [3.05, 3.63) is 99.3 Å². The van der Waals surface area contributed by atoms with Crippen molar-refractivity contribution in [1.82, 2.24) is 4.98 Å². The molecular formula is C26H21FN2O4. The number of hydrogen-bond acceptors (Lipinski definition) is 5. The quantitative estimate of drug-likeness (QED) is 0.424. The van der Waals surface area contributed by atoms with E-state index in [1.807, 2.05) is 38.1 Å². The van der Waals surface area contributed by atoms with Gasteiger partial charge in [0.2, 0.25) is 5.76 Å². The predicted molar refractivity (Wildman–Crippen MR) is 122 cm³/mol. The van der Waals surface area contributed by atoms with Crippen LogP contribution in [0.2, 0.25) is 0 Å². The van der Waals surface area contributed by atoms with Gasteiger partial charge in [-0.1, -0.05) is 19.1 Å². The van der Waals surface area contributed by atoms with Crippen molar-refractivity contribution in [2.45, 2.75) is 26.3 Å². The maximum atomic E-state index is 13.9. The Hall–Kier alpha value is -4.00. The number of carbonyl (C=O) groups is 1. The van der Waals surface area contributed by atoms with E-state index in [-0.39, 0.29) is 22.3 Å². The fourth-order valence-corrected chi connectivity index (χ4v) is 4.14. The topological polar surface area (TPSA) is 72.6 Å². The molecule has 0 spiro atoms. The van der Waals surface area contributed by atoms with E-state index in [9.17, 15) is 14.0 Å². The van der Waals surface area contributed by atoms with Crippen LogP contribution >= 0.6 is 0 Å². The predicted octanol–water partition coefficient (Wildman–Crippen LogP) is 5.17. The molecule has 1 amide bonds. The lowest BCUT2D eigenvalue weighted by Gasteiger charge is -2.24. The second-order valence-electron chi connectivity index (χ2n) is 8.00. The van der Waals surface area contributed by atoms with Crippen molar-refractivity contribution in [3.8, 4) is 5.75 Å². The van der Waals surface area contributed by atoms with Crippen molar-refractivity contribution in [1.29, 1.82) is 0 Å². The molecule has 0 saturated carbocycles. The highest BCUT2D eigenvalue weighted by molar-refractivity contribution is 6.10. The molecule has 2 aromatic heterocycles. The normalized spacial score (nSPS) is 15.2. The van der Waals surface area contributed by atoms with Gasteiger partial charge in [-0.3, -0.25) is 14.5 Å². The molecule has 4 aromatic rings. The summed E-state index contributed by atoms with van der Waals surface area (Å²) in [4.78, 5) is 32.9. The van der Waals surface area contributed by atoms with Gasteiger partial charge in [0.1, 0.15) is 23.0 Å². The van der Waals surface area contributed by atoms with Crippen LogP contribution in [0.5, 0.6) is 5.75 Å². The number of nitrogens with zero attached hydrogens (tertiary/aromatic N) is 2. The molecule has 0 radical (unpaired) electrons. The van der Waals surface area contributed by atoms with Gasteiger partial charge in [-0.2, -0.15) is 0 Å². The first kappa shape index (κ1) is 20.9. The molecule has 3 heterocycles. The molecule has 0 saturated heterocycles. The van der Waals surface area contributed by atoms with E-state index in [1.165, 1.54) is 17.0 Å². The van der Waals surface area contributed by atoms with Gasteiger partial charge in [-0.05, 0) is 66.9 Å². The molecule has 0 N–H and O–H groups in total. The summed E-state index contributed by atoms with van der Waals surface area (Å²) in [5.41, 5.74) is 1.45. The van der Waals surface area contributed by atoms with Crippen molar-refractivity contribution in [2.24, 2.45) is 0 Å². The summed E-state index contributed by atoms with van der Waals surface area (Å²) < 4.78 is 25.6. The maximum absolute atomic E-state index is 13.9. The fourth-order valence-electron chi connectivity index (χ4n) is 4.14. The summed E-state index contributed by atoms with van der Waals surface area (Å²) in [5.74, 6) is -0.0686. The number of benzene rings is 2. The first-order chi connectivity index (χ1) is 16.0. The second-order valence-corrected chi connectivity index (χ2v) is 8.00. The molecule has 7 heteroatoms. The van der Waals surface area contributed by atoms with Crippen LogP contribution in [-0.2, 0) is 0 Å². The number of ether oxygens (including phenoxy) is 1. The molecule has 6 nitrogen and oxygen atoms in total. The third-order valence-electron chi connectivity index (χ3n) is 5.63. The van der Waals surface area contributed by atoms with Crippen LogP contribution in [0.4, 0.5) is 10.2 Å². The van der Waals surface area contributed by atoms with Crippen molar-refractivity contribution in [2.75, 3.05) is 11.5 Å². The number of rotatable bonds is 5. The summed E-state index contributed by atoms with van der Waals surface area (Å²) in [6.07, 6.45) is 2.45. The first-order valence-corrected chi connectivity index (χ1v) is 10.7. The second kappa shape index (κ2) is 8.16. The Kier molecular flexibility index (Phi) is 5.17. The molecule has 0 bridgehead atoms. The molecule has 5 rings (SSSR count). The number of pyridine rings is 1. The van der Waals surface area contributed by atoms with Crippen LogP contribution in [0.1, 0.15) is 46.6 Å². The average Bonchev–Trinajstić information content (AvgIpc) is 3.11. The van der Waals surface area contributed by atoms with Crippen molar-refractivity contribution < 1.29 is 18.3 Å². The molecule has 1 aliphatic heterocycles. The monoisotopic (exact) mass is 444 g/mol. The molecule has 1 unspecified atom stereocenters. The highest BCUT2D eigenvalue weighted by Crippen LogP contribution is 2.41. The van der Waals surface area contributed by atoms with Crippen LogP contribution in [0.3, 0.4) is 0 Å². The minimum atomic E-state index is -0.795. The number of anilines is 1. The minimum absolute atomic E-state index is 0.0627. The summed E-state index contributed by atoms with van der Waals surface area (Å²) >= 11 is 0. The molecular weight excluding hydrogens is 423 g/mol. The summed E-state index contributed by atoms with van der Waals surface area (Å²) in [5, 5.41) is 0.0870. The standard InChI is InChI=1S/C26H21FN2O4/c1-3-11-32-18-6-4-5-16(13-18)23-22-24(30)19-14-17(27)7-8-20(19)33-25(22)26(31)29(23)21-12-15(2)9-10-28-21/h4-10,12-14,23H,3,11H2,1-2H3. The van der Waals surface area contributed by atoms with Gasteiger partial charge in [-0.15, -0.1) is 0 Å². The number of amides is 1. The largest absolute Gasteiger partial charge is 0.494 e. The zero-order chi connectivity index (χ0) is 23.1. The van der Waals surface area contributed by atoms with E-state index in [0.29, 0.717) is 23.7 Å². The third kappa shape index (κ3) is 3.55. The first-order valence-electron chi connectivity index (χ1n) is 10.7. The summed E-state index contributed by atoms with van der Waals surface area (Å²) in [7, 11) is 0. The zero-order valence-corrected chi connectivity index (χ0v) is 18.2. The molecule has 2 aromatic carbocycles. The average molecular weight is 444 g/mol. The van der Waals surface area contributed by atoms with Gasteiger partial charge in [-0.25, -0.2) is 9.37 Å². The number of halogens is 1. The molecule has 0 aliphatic carbocycles. The Morgan fingerprint density at radius 3 is 2.76 bits per heavy atom. The van der Waals surface area contributed by atoms with E-state index in [4.69, 9.17) is 9.15 Å². The SMILES string of the molecule is CCCOc1cccc(C2c3c(oc4ccc(F)cc4c3=O)C(=O)N2c2cc(C)ccn2)c1. The Bertz CT molecular complexity index is 1450. The van der Waals surface area contributed by atoms with Crippen molar-refractivity contribution in [3.63, 3.8) is 0 Å². The van der Waals surface area contributed by atoms with Gasteiger partial charge in [0.25, 0.3) is 5.91 Å². The minimum Gasteiger partial charge on any atom is -0.494 e. The van der Waals surface area contributed by atoms with Crippen LogP contribution in [0.15, 0.2) is 70.0 Å². The molecule has 0 fully saturated rings. The number of fused-ring (bicyclic) bond motifs is 2. The molecule has 1 aliphatic rings. The van der Waals surface area contributed by atoms with Crippen LogP contribution in [0, 0.1) is 12.7 Å².